The number of nitrogens with one attached hydrogen (secondary N) is 2. The van der Waals surface area contributed by atoms with Gasteiger partial charge in [-0.05, 0) is 30.3 Å². The van der Waals surface area contributed by atoms with Crippen LogP contribution in [0.2, 0.25) is 0 Å². The molecule has 0 bridgehead atoms. The molecule has 2 N–H and O–H groups in total. The lowest BCUT2D eigenvalue weighted by molar-refractivity contribution is 0.0984. The standard InChI is InChI=1S/C19H22N2O2/c1-3-18(22)14-9-11-15(12-10-14)19(23)21-17-8-6-5-7-16(17)13-20-4-2/h5-12,20H,3-4,13H2,1-2H3,(H,21,23). The predicted octanol–water partition coefficient (Wildman–Crippen LogP) is 3.64. The number of ketones is 1. The number of Topliss-reactive ketones (excluding diaryl/α,β-unsaturated/α-hetero) is 1. The zero-order valence-electron chi connectivity index (χ0n) is 13.6. The van der Waals surface area contributed by atoms with Gasteiger partial charge in [0.2, 0.25) is 0 Å². The van der Waals surface area contributed by atoms with E-state index in [4.69, 9.17) is 0 Å². The van der Waals surface area contributed by atoms with Crippen molar-refractivity contribution in [2.24, 2.45) is 0 Å². The van der Waals surface area contributed by atoms with Crippen molar-refractivity contribution in [3.05, 3.63) is 65.2 Å². The molecule has 0 aromatic heterocycles. The van der Waals surface area contributed by atoms with E-state index < -0.39 is 0 Å². The normalized spacial score (nSPS) is 10.3. The summed E-state index contributed by atoms with van der Waals surface area (Å²) in [5.74, 6) is -0.0996. The van der Waals surface area contributed by atoms with E-state index >= 15 is 0 Å². The third-order valence-corrected chi connectivity index (χ3v) is 3.62. The van der Waals surface area contributed by atoms with Crippen molar-refractivity contribution in [3.8, 4) is 0 Å². The van der Waals surface area contributed by atoms with Crippen LogP contribution in [-0.4, -0.2) is 18.2 Å². The maximum Gasteiger partial charge on any atom is 0.255 e. The number of carbonyl (C=O) groups excluding carboxylic acids is 2. The van der Waals surface area contributed by atoms with Gasteiger partial charge in [0, 0.05) is 29.8 Å². The van der Waals surface area contributed by atoms with E-state index in [-0.39, 0.29) is 11.7 Å². The Kier molecular flexibility index (Phi) is 6.06. The third kappa shape index (κ3) is 4.50. The second-order valence-corrected chi connectivity index (χ2v) is 5.25. The zero-order valence-corrected chi connectivity index (χ0v) is 13.6. The molecule has 0 saturated heterocycles. The van der Waals surface area contributed by atoms with Crippen molar-refractivity contribution >= 4 is 17.4 Å². The summed E-state index contributed by atoms with van der Waals surface area (Å²) in [5.41, 5.74) is 3.01. The lowest BCUT2D eigenvalue weighted by Gasteiger charge is -2.11. The summed E-state index contributed by atoms with van der Waals surface area (Å²) in [5, 5.41) is 6.19. The van der Waals surface area contributed by atoms with E-state index in [1.165, 1.54) is 0 Å². The van der Waals surface area contributed by atoms with Crippen LogP contribution in [0.3, 0.4) is 0 Å². The maximum atomic E-state index is 12.4. The minimum atomic E-state index is -0.176. The van der Waals surface area contributed by atoms with Gasteiger partial charge in [-0.15, -0.1) is 0 Å². The fourth-order valence-electron chi connectivity index (χ4n) is 2.26. The van der Waals surface area contributed by atoms with Gasteiger partial charge in [-0.3, -0.25) is 9.59 Å². The minimum absolute atomic E-state index is 0.0768. The molecule has 0 aliphatic heterocycles. The van der Waals surface area contributed by atoms with Crippen LogP contribution in [0.1, 0.15) is 46.5 Å². The molecule has 0 aliphatic rings. The zero-order chi connectivity index (χ0) is 16.7. The largest absolute Gasteiger partial charge is 0.322 e. The molecule has 4 nitrogen and oxygen atoms in total. The van der Waals surface area contributed by atoms with Gasteiger partial charge in [-0.2, -0.15) is 0 Å². The summed E-state index contributed by atoms with van der Waals surface area (Å²) in [6.07, 6.45) is 0.462. The molecule has 4 heteroatoms. The number of rotatable bonds is 7. The number of carbonyl (C=O) groups is 2. The van der Waals surface area contributed by atoms with Gasteiger partial charge in [0.05, 0.1) is 0 Å². The SMILES string of the molecule is CCNCc1ccccc1NC(=O)c1ccc(C(=O)CC)cc1. The fraction of sp³-hybridized carbons (Fsp3) is 0.263. The summed E-state index contributed by atoms with van der Waals surface area (Å²) in [6, 6.07) is 14.5. The number of hydrogen-bond acceptors (Lipinski definition) is 3. The summed E-state index contributed by atoms with van der Waals surface area (Å²) >= 11 is 0. The minimum Gasteiger partial charge on any atom is -0.322 e. The average molecular weight is 310 g/mol. The van der Waals surface area contributed by atoms with Crippen LogP contribution in [0, 0.1) is 0 Å². The highest BCUT2D eigenvalue weighted by Crippen LogP contribution is 2.16. The number of anilines is 1. The van der Waals surface area contributed by atoms with Gasteiger partial charge >= 0.3 is 0 Å². The number of benzene rings is 2. The second-order valence-electron chi connectivity index (χ2n) is 5.25. The first-order valence-corrected chi connectivity index (χ1v) is 7.89. The highest BCUT2D eigenvalue weighted by Gasteiger charge is 2.10. The van der Waals surface area contributed by atoms with Crippen LogP contribution in [0.25, 0.3) is 0 Å². The lowest BCUT2D eigenvalue weighted by atomic mass is 10.1. The molecule has 2 aromatic carbocycles. The molecule has 0 unspecified atom stereocenters. The highest BCUT2D eigenvalue weighted by atomic mass is 16.1. The van der Waals surface area contributed by atoms with E-state index in [0.29, 0.717) is 24.1 Å². The van der Waals surface area contributed by atoms with Crippen LogP contribution in [-0.2, 0) is 6.54 Å². The summed E-state index contributed by atoms with van der Waals surface area (Å²) in [7, 11) is 0. The van der Waals surface area contributed by atoms with Crippen molar-refractivity contribution in [1.82, 2.24) is 5.32 Å². The molecule has 0 heterocycles. The molecular weight excluding hydrogens is 288 g/mol. The number of hydrogen-bond donors (Lipinski definition) is 2. The fourth-order valence-corrected chi connectivity index (χ4v) is 2.26. The molecule has 0 radical (unpaired) electrons. The Labute approximate surface area is 136 Å². The lowest BCUT2D eigenvalue weighted by Crippen LogP contribution is -2.17. The van der Waals surface area contributed by atoms with Gasteiger partial charge in [0.15, 0.2) is 5.78 Å². The molecule has 2 rings (SSSR count). The first-order chi connectivity index (χ1) is 11.2. The Balaban J connectivity index is 2.11. The van der Waals surface area contributed by atoms with Crippen LogP contribution >= 0.6 is 0 Å². The molecule has 0 saturated carbocycles. The Morgan fingerprint density at radius 1 is 0.913 bits per heavy atom. The molecule has 23 heavy (non-hydrogen) atoms. The van der Waals surface area contributed by atoms with Gasteiger partial charge in [-0.25, -0.2) is 0 Å². The van der Waals surface area contributed by atoms with Crippen molar-refractivity contribution in [2.45, 2.75) is 26.8 Å². The molecule has 120 valence electrons. The van der Waals surface area contributed by atoms with Crippen LogP contribution in [0.4, 0.5) is 5.69 Å². The highest BCUT2D eigenvalue weighted by molar-refractivity contribution is 6.05. The Morgan fingerprint density at radius 2 is 1.57 bits per heavy atom. The first-order valence-electron chi connectivity index (χ1n) is 7.89. The van der Waals surface area contributed by atoms with E-state index in [2.05, 4.69) is 10.6 Å². The maximum absolute atomic E-state index is 12.4. The summed E-state index contributed by atoms with van der Waals surface area (Å²) < 4.78 is 0. The summed E-state index contributed by atoms with van der Waals surface area (Å²) in [6.45, 7) is 5.44. The molecule has 2 aromatic rings. The van der Waals surface area contributed by atoms with Crippen LogP contribution in [0.15, 0.2) is 48.5 Å². The molecule has 1 amide bonds. The molecule has 0 aliphatic carbocycles. The van der Waals surface area contributed by atoms with Gasteiger partial charge < -0.3 is 10.6 Å². The number of amides is 1. The Hall–Kier alpha value is -2.46. The molecule has 0 atom stereocenters. The summed E-state index contributed by atoms with van der Waals surface area (Å²) in [4.78, 5) is 24.0. The van der Waals surface area contributed by atoms with Crippen molar-refractivity contribution in [1.29, 1.82) is 0 Å². The number of para-hydroxylation sites is 1. The first kappa shape index (κ1) is 16.9. The predicted molar refractivity (Wildman–Crippen MR) is 92.8 cm³/mol. The average Bonchev–Trinajstić information content (AvgIpc) is 2.60. The van der Waals surface area contributed by atoms with Crippen molar-refractivity contribution in [3.63, 3.8) is 0 Å². The van der Waals surface area contributed by atoms with E-state index in [1.54, 1.807) is 24.3 Å². The van der Waals surface area contributed by atoms with E-state index in [1.807, 2.05) is 38.1 Å². The van der Waals surface area contributed by atoms with Crippen molar-refractivity contribution < 1.29 is 9.59 Å². The van der Waals surface area contributed by atoms with Crippen molar-refractivity contribution in [2.75, 3.05) is 11.9 Å². The van der Waals surface area contributed by atoms with Gasteiger partial charge in [0.25, 0.3) is 5.91 Å². The van der Waals surface area contributed by atoms with Gasteiger partial charge in [0.1, 0.15) is 0 Å². The van der Waals surface area contributed by atoms with Crippen LogP contribution < -0.4 is 10.6 Å². The molecule has 0 fully saturated rings. The van der Waals surface area contributed by atoms with Crippen LogP contribution in [0.5, 0.6) is 0 Å². The van der Waals surface area contributed by atoms with Gasteiger partial charge in [-0.1, -0.05) is 44.2 Å². The smallest absolute Gasteiger partial charge is 0.255 e. The quantitative estimate of drug-likeness (QED) is 0.768. The van der Waals surface area contributed by atoms with E-state index in [9.17, 15) is 9.59 Å². The topological polar surface area (TPSA) is 58.2 Å². The second kappa shape index (κ2) is 8.25. The Morgan fingerprint density at radius 3 is 2.22 bits per heavy atom. The Bertz CT molecular complexity index is 678. The monoisotopic (exact) mass is 310 g/mol. The molecular formula is C19H22N2O2. The third-order valence-electron chi connectivity index (χ3n) is 3.62. The molecule has 0 spiro atoms. The van der Waals surface area contributed by atoms with E-state index in [0.717, 1.165) is 17.8 Å².